The molecule has 0 bridgehead atoms. The summed E-state index contributed by atoms with van der Waals surface area (Å²) in [7, 11) is 1.32. The first-order valence-electron chi connectivity index (χ1n) is 15.4. The van der Waals surface area contributed by atoms with E-state index in [9.17, 15) is 41.4 Å². The van der Waals surface area contributed by atoms with Gasteiger partial charge in [0, 0.05) is 55.0 Å². The van der Waals surface area contributed by atoms with Gasteiger partial charge in [0.1, 0.15) is 23.2 Å². The average molecular weight is 709 g/mol. The van der Waals surface area contributed by atoms with Gasteiger partial charge in [0.15, 0.2) is 0 Å². The van der Waals surface area contributed by atoms with Crippen LogP contribution in [-0.4, -0.2) is 64.8 Å². The zero-order chi connectivity index (χ0) is 36.5. The molecule has 1 fully saturated rings. The maximum absolute atomic E-state index is 15.3. The number of ether oxygens (including phenoxy) is 1. The number of amides is 1. The summed E-state index contributed by atoms with van der Waals surface area (Å²) in [5.41, 5.74) is -3.79. The number of aromatic nitrogens is 2. The van der Waals surface area contributed by atoms with Crippen LogP contribution in [0.4, 0.5) is 36.4 Å². The van der Waals surface area contributed by atoms with E-state index in [0.717, 1.165) is 22.8 Å². The van der Waals surface area contributed by atoms with Gasteiger partial charge in [-0.1, -0.05) is 18.2 Å². The van der Waals surface area contributed by atoms with E-state index >= 15 is 8.78 Å². The second-order valence-corrected chi connectivity index (χ2v) is 11.9. The van der Waals surface area contributed by atoms with Gasteiger partial charge in [-0.3, -0.25) is 14.6 Å². The molecule has 2 atom stereocenters. The number of carbonyl (C=O) groups is 2. The molecule has 16 heteroatoms. The number of hydrogen-bond acceptors (Lipinski definition) is 6. The molecule has 50 heavy (non-hydrogen) atoms. The summed E-state index contributed by atoms with van der Waals surface area (Å²) in [6.07, 6.45) is -7.16. The molecule has 0 spiro atoms. The fraction of sp³-hybridized carbons (Fsp3) is 0.353. The maximum Gasteiger partial charge on any atom is 0.417 e. The van der Waals surface area contributed by atoms with E-state index in [1.165, 1.54) is 49.3 Å². The topological polar surface area (TPSA) is 114 Å². The van der Waals surface area contributed by atoms with Crippen molar-refractivity contribution in [3.63, 3.8) is 0 Å². The predicted molar refractivity (Wildman–Crippen MR) is 168 cm³/mol. The molecule has 2 N–H and O–H groups in total. The van der Waals surface area contributed by atoms with Gasteiger partial charge in [0.25, 0.3) is 11.5 Å². The Hall–Kier alpha value is -4.99. The molecule has 1 saturated heterocycles. The number of alkyl halides is 5. The lowest BCUT2D eigenvalue weighted by molar-refractivity contribution is -0.139. The fourth-order valence-corrected chi connectivity index (χ4v) is 6.06. The number of anilines is 1. The number of fused-ring (bicyclic) bond motifs is 1. The first-order valence-corrected chi connectivity index (χ1v) is 15.4. The molecular formula is C34H31F7N4O5. The predicted octanol–water partition coefficient (Wildman–Crippen LogP) is 5.88. The van der Waals surface area contributed by atoms with E-state index in [-0.39, 0.29) is 59.6 Å². The van der Waals surface area contributed by atoms with Gasteiger partial charge in [-0.05, 0) is 43.2 Å². The van der Waals surface area contributed by atoms with Crippen molar-refractivity contribution in [3.8, 4) is 11.1 Å². The highest BCUT2D eigenvalue weighted by atomic mass is 19.4. The van der Waals surface area contributed by atoms with Crippen molar-refractivity contribution < 1.29 is 50.2 Å². The highest BCUT2D eigenvalue weighted by molar-refractivity contribution is 5.99. The Morgan fingerprint density at radius 1 is 1.12 bits per heavy atom. The van der Waals surface area contributed by atoms with Crippen molar-refractivity contribution in [3.05, 3.63) is 93.0 Å². The first kappa shape index (κ1) is 36.3. The summed E-state index contributed by atoms with van der Waals surface area (Å²) in [6.45, 7) is 1.73. The second kappa shape index (κ2) is 14.5. The summed E-state index contributed by atoms with van der Waals surface area (Å²) in [4.78, 5) is 44.3. The second-order valence-electron chi connectivity index (χ2n) is 11.9. The Morgan fingerprint density at radius 3 is 2.46 bits per heavy atom. The van der Waals surface area contributed by atoms with Crippen LogP contribution in [0.5, 0.6) is 0 Å². The SMILES string of the molecule is Cc1cc(C(F)(F)F)c(-c2ccc(C[C@H](NC(=O)c3c(F)cc(N4CCOC[C@H]4CCC(F)F)cc3F)C(=O)O)c3cccnc23)c(=O)n1C. The van der Waals surface area contributed by atoms with Gasteiger partial charge in [0.05, 0.1) is 35.9 Å². The molecule has 4 aromatic rings. The largest absolute Gasteiger partial charge is 0.480 e. The molecule has 0 saturated carbocycles. The van der Waals surface area contributed by atoms with Crippen LogP contribution in [0.15, 0.2) is 53.5 Å². The number of morpholine rings is 1. The van der Waals surface area contributed by atoms with E-state index < -0.39 is 83.3 Å². The van der Waals surface area contributed by atoms with E-state index in [2.05, 4.69) is 10.3 Å². The lowest BCUT2D eigenvalue weighted by Crippen LogP contribution is -2.46. The number of hydrogen-bond donors (Lipinski definition) is 2. The van der Waals surface area contributed by atoms with E-state index in [4.69, 9.17) is 4.74 Å². The minimum absolute atomic E-state index is 0.00921. The Bertz CT molecular complexity index is 1980. The van der Waals surface area contributed by atoms with Crippen LogP contribution in [0.2, 0.25) is 0 Å². The summed E-state index contributed by atoms with van der Waals surface area (Å²) in [6, 6.07) is 5.57. The van der Waals surface area contributed by atoms with Crippen LogP contribution in [0, 0.1) is 18.6 Å². The molecule has 0 radical (unpaired) electrons. The monoisotopic (exact) mass is 708 g/mol. The van der Waals surface area contributed by atoms with Crippen LogP contribution in [0.3, 0.4) is 0 Å². The Morgan fingerprint density at radius 2 is 1.82 bits per heavy atom. The lowest BCUT2D eigenvalue weighted by atomic mass is 9.93. The van der Waals surface area contributed by atoms with Crippen LogP contribution in [-0.2, 0) is 29.2 Å². The minimum Gasteiger partial charge on any atom is -0.480 e. The smallest absolute Gasteiger partial charge is 0.417 e. The number of rotatable bonds is 10. The van der Waals surface area contributed by atoms with Gasteiger partial charge in [-0.25, -0.2) is 22.4 Å². The molecule has 0 aliphatic carbocycles. The van der Waals surface area contributed by atoms with Crippen molar-refractivity contribution in [2.24, 2.45) is 7.05 Å². The number of pyridine rings is 2. The molecule has 5 rings (SSSR count). The average Bonchev–Trinajstić information content (AvgIpc) is 3.05. The maximum atomic E-state index is 15.3. The van der Waals surface area contributed by atoms with Crippen LogP contribution < -0.4 is 15.8 Å². The highest BCUT2D eigenvalue weighted by Gasteiger charge is 2.37. The molecule has 1 aliphatic heterocycles. The molecule has 266 valence electrons. The number of halogens is 7. The summed E-state index contributed by atoms with van der Waals surface area (Å²) >= 11 is 0. The molecule has 9 nitrogen and oxygen atoms in total. The van der Waals surface area contributed by atoms with Gasteiger partial charge in [-0.15, -0.1) is 0 Å². The fourth-order valence-electron chi connectivity index (χ4n) is 6.06. The van der Waals surface area contributed by atoms with Crippen molar-refractivity contribution in [2.45, 2.75) is 50.9 Å². The van der Waals surface area contributed by atoms with Crippen LogP contribution in [0.1, 0.15) is 40.0 Å². The Labute approximate surface area is 280 Å². The van der Waals surface area contributed by atoms with E-state index in [1.54, 1.807) is 0 Å². The third kappa shape index (κ3) is 7.44. The normalized spacial score (nSPS) is 15.8. The zero-order valence-electron chi connectivity index (χ0n) is 26.7. The molecule has 1 aliphatic rings. The summed E-state index contributed by atoms with van der Waals surface area (Å²) in [5, 5.41) is 12.3. The number of nitrogens with zero attached hydrogens (tertiary/aromatic N) is 3. The minimum atomic E-state index is -4.90. The number of aliphatic carboxylic acids is 1. The quantitative estimate of drug-likeness (QED) is 0.198. The number of benzene rings is 2. The summed E-state index contributed by atoms with van der Waals surface area (Å²) < 4.78 is 105. The van der Waals surface area contributed by atoms with Gasteiger partial charge >= 0.3 is 12.1 Å². The summed E-state index contributed by atoms with van der Waals surface area (Å²) in [5.74, 6) is -5.62. The zero-order valence-corrected chi connectivity index (χ0v) is 26.7. The molecule has 2 aromatic carbocycles. The number of aryl methyl sites for hydroxylation is 1. The number of nitrogens with one attached hydrogen (secondary N) is 1. The number of carboxylic acids is 1. The Balaban J connectivity index is 1.45. The number of carboxylic acid groups (broad SMARTS) is 1. The van der Waals surface area contributed by atoms with Crippen molar-refractivity contribution in [2.75, 3.05) is 24.7 Å². The van der Waals surface area contributed by atoms with E-state index in [0.29, 0.717) is 0 Å². The third-order valence-corrected chi connectivity index (χ3v) is 8.66. The highest BCUT2D eigenvalue weighted by Crippen LogP contribution is 2.38. The third-order valence-electron chi connectivity index (χ3n) is 8.66. The molecule has 3 heterocycles. The van der Waals surface area contributed by atoms with Gasteiger partial charge in [0.2, 0.25) is 6.43 Å². The lowest BCUT2D eigenvalue weighted by Gasteiger charge is -2.37. The van der Waals surface area contributed by atoms with Crippen LogP contribution >= 0.6 is 0 Å². The van der Waals surface area contributed by atoms with Gasteiger partial charge < -0.3 is 24.6 Å². The molecule has 0 unspecified atom stereocenters. The van der Waals surface area contributed by atoms with Crippen molar-refractivity contribution >= 4 is 28.5 Å². The first-order chi connectivity index (χ1) is 23.6. The Kier molecular flexibility index (Phi) is 10.5. The van der Waals surface area contributed by atoms with Crippen molar-refractivity contribution in [1.82, 2.24) is 14.9 Å². The van der Waals surface area contributed by atoms with Crippen LogP contribution in [0.25, 0.3) is 22.0 Å². The molecular weight excluding hydrogens is 677 g/mol. The van der Waals surface area contributed by atoms with Gasteiger partial charge in [-0.2, -0.15) is 13.2 Å². The van der Waals surface area contributed by atoms with E-state index in [1.807, 2.05) is 0 Å². The standard InChI is InChI=1S/C34H31F7N4O5/c1-17-12-23(34(39,40)41)28(32(47)44(17)2)22-7-5-18(21-4-3-9-42-30(21)22)13-26(33(48)49)43-31(46)29-24(35)14-20(15-25(29)36)45-10-11-50-16-19(45)6-8-27(37)38/h3-5,7,9,12,14-15,19,26-27H,6,8,10-11,13,16H2,1-2H3,(H,43,46)(H,48,49)/t19-,26+/m1/s1. The number of carbonyl (C=O) groups excluding carboxylic acids is 1. The molecule has 1 amide bonds. The molecule has 2 aromatic heterocycles. The van der Waals surface area contributed by atoms with Crippen molar-refractivity contribution in [1.29, 1.82) is 0 Å².